The Morgan fingerprint density at radius 1 is 1.27 bits per heavy atom. The molecule has 1 saturated heterocycles. The van der Waals surface area contributed by atoms with Gasteiger partial charge in [0.05, 0.1) is 17.4 Å². The van der Waals surface area contributed by atoms with Crippen LogP contribution in [-0.2, 0) is 9.53 Å². The summed E-state index contributed by atoms with van der Waals surface area (Å²) < 4.78 is 10.8. The Bertz CT molecular complexity index is 937. The van der Waals surface area contributed by atoms with Crippen molar-refractivity contribution in [3.8, 4) is 11.6 Å². The molecule has 1 aromatic carbocycles. The van der Waals surface area contributed by atoms with E-state index in [4.69, 9.17) is 21.1 Å². The van der Waals surface area contributed by atoms with Crippen LogP contribution in [0.3, 0.4) is 0 Å². The van der Waals surface area contributed by atoms with Gasteiger partial charge in [0, 0.05) is 18.1 Å². The number of anilines is 1. The van der Waals surface area contributed by atoms with E-state index in [-0.39, 0.29) is 29.3 Å². The number of benzene rings is 1. The van der Waals surface area contributed by atoms with Gasteiger partial charge in [-0.1, -0.05) is 11.6 Å². The van der Waals surface area contributed by atoms with Crippen molar-refractivity contribution in [2.75, 3.05) is 24.6 Å². The highest BCUT2D eigenvalue weighted by molar-refractivity contribution is 6.32. The molecule has 9 nitrogen and oxygen atoms in total. The van der Waals surface area contributed by atoms with E-state index in [0.29, 0.717) is 43.3 Å². The van der Waals surface area contributed by atoms with Crippen LogP contribution in [0.4, 0.5) is 11.5 Å². The van der Waals surface area contributed by atoms with Gasteiger partial charge in [-0.2, -0.15) is 4.98 Å². The maximum Gasteiger partial charge on any atom is 0.373 e. The average Bonchev–Trinajstić information content (AvgIpc) is 2.72. The van der Waals surface area contributed by atoms with E-state index in [0.717, 1.165) is 11.1 Å². The van der Waals surface area contributed by atoms with Crippen LogP contribution in [0.1, 0.15) is 30.9 Å². The lowest BCUT2D eigenvalue weighted by Gasteiger charge is -2.31. The number of hydrogen-bond acceptors (Lipinski definition) is 8. The zero-order valence-corrected chi connectivity index (χ0v) is 17.8. The van der Waals surface area contributed by atoms with Gasteiger partial charge in [0.1, 0.15) is 12.1 Å². The first-order valence-corrected chi connectivity index (χ1v) is 10.0. The number of esters is 1. The second kappa shape index (κ2) is 9.25. The van der Waals surface area contributed by atoms with Crippen molar-refractivity contribution in [1.82, 2.24) is 9.97 Å². The van der Waals surface area contributed by atoms with Crippen molar-refractivity contribution in [3.05, 3.63) is 44.7 Å². The molecule has 0 spiro atoms. The smallest absolute Gasteiger partial charge is 0.373 e. The van der Waals surface area contributed by atoms with Crippen LogP contribution < -0.4 is 9.64 Å². The van der Waals surface area contributed by atoms with Gasteiger partial charge >= 0.3 is 17.5 Å². The second-order valence-electron chi connectivity index (χ2n) is 7.09. The number of nitro groups is 1. The molecular formula is C20H23ClN4O5. The number of carbonyl (C=O) groups is 1. The Morgan fingerprint density at radius 3 is 2.47 bits per heavy atom. The number of piperidine rings is 1. The molecule has 1 aromatic heterocycles. The molecule has 0 saturated carbocycles. The molecule has 0 radical (unpaired) electrons. The number of carbonyl (C=O) groups excluding carboxylic acids is 1. The van der Waals surface area contributed by atoms with Gasteiger partial charge in [0.2, 0.25) is 5.82 Å². The summed E-state index contributed by atoms with van der Waals surface area (Å²) in [6.45, 7) is 6.65. The summed E-state index contributed by atoms with van der Waals surface area (Å²) in [7, 11) is 0. The van der Waals surface area contributed by atoms with Crippen LogP contribution >= 0.6 is 11.6 Å². The second-order valence-corrected chi connectivity index (χ2v) is 7.47. The highest BCUT2D eigenvalue weighted by Crippen LogP contribution is 2.38. The molecule has 0 bridgehead atoms. The molecule has 0 amide bonds. The summed E-state index contributed by atoms with van der Waals surface area (Å²) in [6, 6.07) is 3.40. The molecule has 10 heteroatoms. The summed E-state index contributed by atoms with van der Waals surface area (Å²) in [4.78, 5) is 33.2. The van der Waals surface area contributed by atoms with Gasteiger partial charge in [-0.05, 0) is 56.9 Å². The molecule has 160 valence electrons. The highest BCUT2D eigenvalue weighted by atomic mass is 35.5. The molecule has 3 rings (SSSR count). The molecule has 0 aliphatic carbocycles. The molecule has 1 aliphatic heterocycles. The first-order chi connectivity index (χ1) is 14.3. The number of hydrogen-bond donors (Lipinski definition) is 0. The van der Waals surface area contributed by atoms with Crippen molar-refractivity contribution in [2.45, 2.75) is 33.6 Å². The minimum Gasteiger partial charge on any atom is -0.466 e. The predicted octanol–water partition coefficient (Wildman–Crippen LogP) is 4.23. The maximum atomic E-state index is 11.9. The SMILES string of the molecule is CCOC(=O)C1CCN(c2ncnc(Oc3cc(C)c(Cl)c(C)c3)c2[N+](=O)[O-])CC1. The lowest BCUT2D eigenvalue weighted by molar-refractivity contribution is -0.385. The fourth-order valence-corrected chi connectivity index (χ4v) is 3.59. The monoisotopic (exact) mass is 434 g/mol. The van der Waals surface area contributed by atoms with Crippen molar-refractivity contribution >= 4 is 29.1 Å². The Labute approximate surface area is 179 Å². The van der Waals surface area contributed by atoms with Gasteiger partial charge in [-0.25, -0.2) is 4.98 Å². The minimum atomic E-state index is -0.544. The topological polar surface area (TPSA) is 108 Å². The van der Waals surface area contributed by atoms with Crippen molar-refractivity contribution in [2.24, 2.45) is 5.92 Å². The summed E-state index contributed by atoms with van der Waals surface area (Å²) in [6.07, 6.45) is 2.31. The van der Waals surface area contributed by atoms with Gasteiger partial charge in [-0.15, -0.1) is 0 Å². The van der Waals surface area contributed by atoms with E-state index in [1.165, 1.54) is 6.33 Å². The van der Waals surface area contributed by atoms with Crippen LogP contribution in [0.2, 0.25) is 5.02 Å². The lowest BCUT2D eigenvalue weighted by Crippen LogP contribution is -2.37. The Kier molecular flexibility index (Phi) is 6.71. The van der Waals surface area contributed by atoms with Crippen LogP contribution in [0.5, 0.6) is 11.6 Å². The Hall–Kier alpha value is -2.94. The average molecular weight is 435 g/mol. The Morgan fingerprint density at radius 2 is 1.90 bits per heavy atom. The maximum absolute atomic E-state index is 11.9. The molecule has 30 heavy (non-hydrogen) atoms. The molecular weight excluding hydrogens is 412 g/mol. The number of aromatic nitrogens is 2. The first kappa shape index (κ1) is 21.8. The number of halogens is 1. The third kappa shape index (κ3) is 4.62. The van der Waals surface area contributed by atoms with E-state index in [9.17, 15) is 14.9 Å². The van der Waals surface area contributed by atoms with E-state index in [1.54, 1.807) is 24.0 Å². The number of rotatable bonds is 6. The Balaban J connectivity index is 1.86. The quantitative estimate of drug-likeness (QED) is 0.377. The molecule has 1 fully saturated rings. The predicted molar refractivity (Wildman–Crippen MR) is 111 cm³/mol. The molecule has 1 aliphatic rings. The van der Waals surface area contributed by atoms with Crippen LogP contribution in [0.15, 0.2) is 18.5 Å². The molecule has 2 heterocycles. The zero-order valence-electron chi connectivity index (χ0n) is 17.1. The van der Waals surface area contributed by atoms with Gasteiger partial charge in [0.25, 0.3) is 0 Å². The van der Waals surface area contributed by atoms with Crippen LogP contribution in [0, 0.1) is 29.9 Å². The summed E-state index contributed by atoms with van der Waals surface area (Å²) in [5.41, 5.74) is 1.28. The summed E-state index contributed by atoms with van der Waals surface area (Å²) in [5, 5.41) is 12.5. The van der Waals surface area contributed by atoms with E-state index in [2.05, 4.69) is 9.97 Å². The van der Waals surface area contributed by atoms with Crippen LogP contribution in [0.25, 0.3) is 0 Å². The third-order valence-corrected chi connectivity index (χ3v) is 5.59. The van der Waals surface area contributed by atoms with E-state index < -0.39 is 4.92 Å². The standard InChI is InChI=1S/C20H23ClN4O5/c1-4-29-20(26)14-5-7-24(8-6-14)18-17(25(27)28)19(23-11-22-18)30-15-9-12(2)16(21)13(3)10-15/h9-11,14H,4-8H2,1-3H3. The van der Waals surface area contributed by atoms with E-state index >= 15 is 0 Å². The van der Waals surface area contributed by atoms with Crippen molar-refractivity contribution in [3.63, 3.8) is 0 Å². The minimum absolute atomic E-state index is 0.140. The van der Waals surface area contributed by atoms with Crippen molar-refractivity contribution in [1.29, 1.82) is 0 Å². The third-order valence-electron chi connectivity index (χ3n) is 4.99. The fraction of sp³-hybridized carbons (Fsp3) is 0.450. The zero-order chi connectivity index (χ0) is 21.8. The first-order valence-electron chi connectivity index (χ1n) is 9.67. The fourth-order valence-electron chi connectivity index (χ4n) is 3.48. The summed E-state index contributed by atoms with van der Waals surface area (Å²) in [5.74, 6) is 0.00110. The highest BCUT2D eigenvalue weighted by Gasteiger charge is 2.33. The number of nitrogens with zero attached hydrogens (tertiary/aromatic N) is 4. The largest absolute Gasteiger partial charge is 0.466 e. The normalized spacial score (nSPS) is 14.5. The molecule has 0 atom stereocenters. The molecule has 0 N–H and O–H groups in total. The van der Waals surface area contributed by atoms with Crippen molar-refractivity contribution < 1.29 is 19.2 Å². The lowest BCUT2D eigenvalue weighted by atomic mass is 9.97. The number of ether oxygens (including phenoxy) is 2. The number of aryl methyl sites for hydroxylation is 2. The molecule has 2 aromatic rings. The van der Waals surface area contributed by atoms with E-state index in [1.807, 2.05) is 13.8 Å². The van der Waals surface area contributed by atoms with Gasteiger partial charge < -0.3 is 14.4 Å². The summed E-state index contributed by atoms with van der Waals surface area (Å²) >= 11 is 6.19. The van der Waals surface area contributed by atoms with Gasteiger partial charge in [0.15, 0.2) is 0 Å². The van der Waals surface area contributed by atoms with Gasteiger partial charge in [-0.3, -0.25) is 14.9 Å². The van der Waals surface area contributed by atoms with Crippen LogP contribution in [-0.4, -0.2) is 40.6 Å². The molecule has 0 unspecified atom stereocenters.